The summed E-state index contributed by atoms with van der Waals surface area (Å²) in [5, 5.41) is 4.29. The molecule has 1 aromatic heterocycles. The maximum atomic E-state index is 13.5. The molecule has 5 aromatic rings. The van der Waals surface area contributed by atoms with Crippen molar-refractivity contribution in [1.29, 1.82) is 0 Å². The normalized spacial score (nSPS) is 10.8. The average molecular weight is 556 g/mol. The second-order valence-electron chi connectivity index (χ2n) is 8.10. The molecule has 37 heavy (non-hydrogen) atoms. The first kappa shape index (κ1) is 24.3. The molecule has 0 fully saturated rings. The molecule has 0 N–H and O–H groups in total. The number of esters is 1. The molecule has 0 amide bonds. The second-order valence-corrected chi connectivity index (χ2v) is 9.01. The molecule has 0 saturated carbocycles. The van der Waals surface area contributed by atoms with Crippen molar-refractivity contribution < 1.29 is 18.7 Å². The topological polar surface area (TPSA) is 74.1 Å². The van der Waals surface area contributed by atoms with E-state index >= 15 is 0 Å². The maximum Gasteiger partial charge on any atom is 0.378 e. The number of rotatable bonds is 7. The summed E-state index contributed by atoms with van der Waals surface area (Å²) in [4.78, 5) is 29.8. The maximum absolute atomic E-state index is 13.5. The van der Waals surface area contributed by atoms with Gasteiger partial charge in [0.15, 0.2) is 18.2 Å². The fourth-order valence-electron chi connectivity index (χ4n) is 3.70. The van der Waals surface area contributed by atoms with Crippen molar-refractivity contribution in [1.82, 2.24) is 14.8 Å². The number of aromatic nitrogens is 3. The van der Waals surface area contributed by atoms with E-state index in [4.69, 9.17) is 4.74 Å². The van der Waals surface area contributed by atoms with E-state index in [0.717, 1.165) is 15.6 Å². The Morgan fingerprint density at radius 1 is 0.784 bits per heavy atom. The van der Waals surface area contributed by atoms with Crippen molar-refractivity contribution in [3.63, 3.8) is 0 Å². The summed E-state index contributed by atoms with van der Waals surface area (Å²) in [6.45, 7) is -0.456. The number of carbonyl (C=O) groups is 2. The lowest BCUT2D eigenvalue weighted by atomic mass is 10.0. The Balaban J connectivity index is 1.34. The number of carbonyl (C=O) groups excluding carboxylic acids is 2. The van der Waals surface area contributed by atoms with E-state index in [1.165, 1.54) is 28.9 Å². The van der Waals surface area contributed by atoms with Gasteiger partial charge in [0.2, 0.25) is 0 Å². The Kier molecular flexibility index (Phi) is 7.00. The number of hydrogen-bond donors (Lipinski definition) is 0. The van der Waals surface area contributed by atoms with Crippen LogP contribution in [0, 0.1) is 5.82 Å². The third-order valence-electron chi connectivity index (χ3n) is 5.61. The summed E-state index contributed by atoms with van der Waals surface area (Å²) < 4.78 is 21.0. The van der Waals surface area contributed by atoms with Crippen LogP contribution in [0.3, 0.4) is 0 Å². The quantitative estimate of drug-likeness (QED) is 0.168. The first-order chi connectivity index (χ1) is 18.0. The zero-order chi connectivity index (χ0) is 25.8. The molecule has 1 heterocycles. The van der Waals surface area contributed by atoms with Gasteiger partial charge in [-0.25, -0.2) is 18.9 Å². The Morgan fingerprint density at radius 2 is 1.41 bits per heavy atom. The van der Waals surface area contributed by atoms with E-state index in [9.17, 15) is 14.0 Å². The molecule has 0 aliphatic carbocycles. The molecule has 0 unspecified atom stereocenters. The summed E-state index contributed by atoms with van der Waals surface area (Å²) in [6.07, 6.45) is 0. The minimum Gasteiger partial charge on any atom is -0.451 e. The SMILES string of the molecule is O=C(COC(=O)c1nc(-c2ccc(Br)cc2)n(-c2ccc(F)cc2)n1)c1ccc(-c2ccccc2)cc1. The van der Waals surface area contributed by atoms with Crippen LogP contribution in [0.15, 0.2) is 108 Å². The third kappa shape index (κ3) is 5.54. The van der Waals surface area contributed by atoms with Gasteiger partial charge < -0.3 is 4.74 Å². The number of hydrogen-bond acceptors (Lipinski definition) is 5. The van der Waals surface area contributed by atoms with Gasteiger partial charge in [0.1, 0.15) is 5.82 Å². The molecule has 0 saturated heterocycles. The third-order valence-corrected chi connectivity index (χ3v) is 6.14. The van der Waals surface area contributed by atoms with Gasteiger partial charge in [0, 0.05) is 15.6 Å². The number of Topliss-reactive ketones (excluding diaryl/α,β-unsaturated/α-hetero) is 1. The predicted octanol–water partition coefficient (Wildman–Crippen LogP) is 6.54. The first-order valence-electron chi connectivity index (χ1n) is 11.3. The van der Waals surface area contributed by atoms with Gasteiger partial charge in [-0.2, -0.15) is 0 Å². The van der Waals surface area contributed by atoms with Crippen LogP contribution in [0.1, 0.15) is 21.0 Å². The van der Waals surface area contributed by atoms with Crippen LogP contribution >= 0.6 is 15.9 Å². The van der Waals surface area contributed by atoms with Gasteiger partial charge in [-0.05, 0) is 47.5 Å². The lowest BCUT2D eigenvalue weighted by Gasteiger charge is -2.06. The largest absolute Gasteiger partial charge is 0.451 e. The van der Waals surface area contributed by atoms with E-state index in [1.54, 1.807) is 12.1 Å². The number of ether oxygens (including phenoxy) is 1. The highest BCUT2D eigenvalue weighted by Gasteiger charge is 2.21. The van der Waals surface area contributed by atoms with Gasteiger partial charge >= 0.3 is 5.97 Å². The lowest BCUT2D eigenvalue weighted by molar-refractivity contribution is 0.0462. The smallest absolute Gasteiger partial charge is 0.378 e. The molecule has 182 valence electrons. The van der Waals surface area contributed by atoms with Crippen molar-refractivity contribution >= 4 is 27.7 Å². The van der Waals surface area contributed by atoms with E-state index in [2.05, 4.69) is 26.0 Å². The molecule has 0 bridgehead atoms. The monoisotopic (exact) mass is 555 g/mol. The van der Waals surface area contributed by atoms with Crippen LogP contribution in [0.4, 0.5) is 4.39 Å². The number of halogens is 2. The lowest BCUT2D eigenvalue weighted by Crippen LogP contribution is -2.15. The molecule has 8 heteroatoms. The molecule has 0 atom stereocenters. The summed E-state index contributed by atoms with van der Waals surface area (Å²) in [5.41, 5.74) is 3.64. The molecule has 5 rings (SSSR count). The van der Waals surface area contributed by atoms with Crippen LogP contribution in [-0.4, -0.2) is 33.1 Å². The fourth-order valence-corrected chi connectivity index (χ4v) is 3.97. The van der Waals surface area contributed by atoms with E-state index < -0.39 is 18.4 Å². The highest BCUT2D eigenvalue weighted by atomic mass is 79.9. The number of ketones is 1. The minimum absolute atomic E-state index is 0.213. The molecular weight excluding hydrogens is 537 g/mol. The predicted molar refractivity (Wildman–Crippen MR) is 141 cm³/mol. The highest BCUT2D eigenvalue weighted by molar-refractivity contribution is 9.10. The Labute approximate surface area is 220 Å². The molecule has 4 aromatic carbocycles. The molecular formula is C29H19BrFN3O3. The van der Waals surface area contributed by atoms with Gasteiger partial charge in [0.25, 0.3) is 5.82 Å². The van der Waals surface area contributed by atoms with Crippen LogP contribution in [0.5, 0.6) is 0 Å². The van der Waals surface area contributed by atoms with Crippen molar-refractivity contribution in [3.05, 3.63) is 125 Å². The van der Waals surface area contributed by atoms with Crippen molar-refractivity contribution in [2.24, 2.45) is 0 Å². The van der Waals surface area contributed by atoms with Crippen molar-refractivity contribution in [2.75, 3.05) is 6.61 Å². The minimum atomic E-state index is -0.839. The summed E-state index contributed by atoms with van der Waals surface area (Å²) >= 11 is 3.40. The Morgan fingerprint density at radius 3 is 2.08 bits per heavy atom. The zero-order valence-electron chi connectivity index (χ0n) is 19.3. The summed E-state index contributed by atoms with van der Waals surface area (Å²) in [6, 6.07) is 29.8. The molecule has 6 nitrogen and oxygen atoms in total. The van der Waals surface area contributed by atoms with Gasteiger partial charge in [-0.3, -0.25) is 4.79 Å². The van der Waals surface area contributed by atoms with Gasteiger partial charge in [-0.1, -0.05) is 82.7 Å². The first-order valence-corrected chi connectivity index (χ1v) is 12.1. The molecule has 0 spiro atoms. The van der Waals surface area contributed by atoms with Gasteiger partial charge in [0.05, 0.1) is 5.69 Å². The fraction of sp³-hybridized carbons (Fsp3) is 0.0345. The second kappa shape index (κ2) is 10.7. The molecule has 0 aliphatic rings. The summed E-state index contributed by atoms with van der Waals surface area (Å²) in [5.74, 6) is -1.43. The van der Waals surface area contributed by atoms with Gasteiger partial charge in [-0.15, -0.1) is 5.10 Å². The highest BCUT2D eigenvalue weighted by Crippen LogP contribution is 2.24. The standard InChI is InChI=1S/C29H19BrFN3O3/c30-23-12-10-22(11-13-23)28-32-27(33-34(28)25-16-14-24(31)15-17-25)29(36)37-18-26(35)21-8-6-20(7-9-21)19-4-2-1-3-5-19/h1-17H,18H2. The van der Waals surface area contributed by atoms with Crippen LogP contribution < -0.4 is 0 Å². The van der Waals surface area contributed by atoms with Crippen molar-refractivity contribution in [3.8, 4) is 28.2 Å². The molecule has 0 radical (unpaired) electrons. The number of nitrogens with zero attached hydrogens (tertiary/aromatic N) is 3. The molecule has 0 aliphatic heterocycles. The zero-order valence-corrected chi connectivity index (χ0v) is 20.9. The van der Waals surface area contributed by atoms with Crippen LogP contribution in [0.25, 0.3) is 28.2 Å². The number of benzene rings is 4. The van der Waals surface area contributed by atoms with Crippen molar-refractivity contribution in [2.45, 2.75) is 0 Å². The van der Waals surface area contributed by atoms with E-state index in [1.807, 2.05) is 66.7 Å². The van der Waals surface area contributed by atoms with Crippen LogP contribution in [0.2, 0.25) is 0 Å². The van der Waals surface area contributed by atoms with E-state index in [0.29, 0.717) is 22.6 Å². The Bertz CT molecular complexity index is 1490. The van der Waals surface area contributed by atoms with E-state index in [-0.39, 0.29) is 11.6 Å². The summed E-state index contributed by atoms with van der Waals surface area (Å²) in [7, 11) is 0. The Hall–Kier alpha value is -4.43. The van der Waals surface area contributed by atoms with Crippen LogP contribution in [-0.2, 0) is 4.74 Å². The average Bonchev–Trinajstić information content (AvgIpc) is 3.38.